The monoisotopic (exact) mass is 399 g/mol. The zero-order valence-electron chi connectivity index (χ0n) is 16.1. The molecule has 5 nitrogen and oxygen atoms in total. The highest BCUT2D eigenvalue weighted by molar-refractivity contribution is 7.99. The number of carbonyl (C=O) groups is 1. The molecule has 0 saturated carbocycles. The average molecular weight is 399 g/mol. The number of carbonyl (C=O) groups excluding carboxylic acids is 1. The average Bonchev–Trinajstić information content (AvgIpc) is 3.00. The van der Waals surface area contributed by atoms with Gasteiger partial charge in [0, 0.05) is 23.8 Å². The number of ether oxygens (including phenoxy) is 1. The van der Waals surface area contributed by atoms with Crippen LogP contribution in [0.2, 0.25) is 0 Å². The van der Waals surface area contributed by atoms with Gasteiger partial charge in [-0.3, -0.25) is 9.78 Å². The highest BCUT2D eigenvalue weighted by Gasteiger charge is 2.22. The van der Waals surface area contributed by atoms with Crippen molar-refractivity contribution in [1.29, 1.82) is 0 Å². The van der Waals surface area contributed by atoms with Gasteiger partial charge in [0.25, 0.3) is 0 Å². The first-order valence-corrected chi connectivity index (χ1v) is 9.78. The molecule has 0 N–H and O–H groups in total. The number of halogens is 1. The molecule has 1 aromatic carbocycles. The summed E-state index contributed by atoms with van der Waals surface area (Å²) in [6.07, 6.45) is 3.54. The van der Waals surface area contributed by atoms with Crippen LogP contribution in [0.5, 0.6) is 0 Å². The molecule has 28 heavy (non-hydrogen) atoms. The molecular formula is C21H22FN3O2S. The smallest absolute Gasteiger partial charge is 0.313 e. The molecule has 0 bridgehead atoms. The predicted octanol–water partition coefficient (Wildman–Crippen LogP) is 4.46. The van der Waals surface area contributed by atoms with Gasteiger partial charge in [0.2, 0.25) is 0 Å². The predicted molar refractivity (Wildman–Crippen MR) is 106 cm³/mol. The largest absolute Gasteiger partial charge is 0.469 e. The van der Waals surface area contributed by atoms with Crippen molar-refractivity contribution in [3.05, 3.63) is 71.7 Å². The van der Waals surface area contributed by atoms with Crippen molar-refractivity contribution in [3.63, 3.8) is 0 Å². The summed E-state index contributed by atoms with van der Waals surface area (Å²) in [5.74, 6) is 0.141. The van der Waals surface area contributed by atoms with Crippen LogP contribution in [0.15, 0.2) is 58.7 Å². The molecule has 2 aromatic heterocycles. The Morgan fingerprint density at radius 1 is 1.25 bits per heavy atom. The third kappa shape index (κ3) is 4.78. The van der Waals surface area contributed by atoms with Gasteiger partial charge in [0.1, 0.15) is 23.1 Å². The summed E-state index contributed by atoms with van der Waals surface area (Å²) in [5.41, 5.74) is 1.91. The molecule has 0 fully saturated rings. The van der Waals surface area contributed by atoms with Gasteiger partial charge >= 0.3 is 5.97 Å². The van der Waals surface area contributed by atoms with E-state index < -0.39 is 0 Å². The van der Waals surface area contributed by atoms with Gasteiger partial charge in [-0.15, -0.1) is 0 Å². The minimum Gasteiger partial charge on any atom is -0.469 e. The van der Waals surface area contributed by atoms with Crippen molar-refractivity contribution < 1.29 is 13.9 Å². The molecule has 7 heteroatoms. The molecule has 0 aliphatic rings. The zero-order chi connectivity index (χ0) is 20.1. The number of nitrogens with zero attached hydrogens (tertiary/aromatic N) is 3. The molecular weight excluding hydrogens is 377 g/mol. The molecule has 0 aliphatic carbocycles. The third-order valence-corrected chi connectivity index (χ3v) is 5.32. The highest BCUT2D eigenvalue weighted by atomic mass is 32.2. The lowest BCUT2D eigenvalue weighted by molar-refractivity contribution is -0.139. The van der Waals surface area contributed by atoms with Crippen molar-refractivity contribution in [2.45, 2.75) is 42.7 Å². The topological polar surface area (TPSA) is 57.0 Å². The van der Waals surface area contributed by atoms with E-state index in [0.717, 1.165) is 21.2 Å². The molecule has 0 radical (unpaired) electrons. The van der Waals surface area contributed by atoms with Gasteiger partial charge in [-0.2, -0.15) is 0 Å². The molecule has 0 saturated heterocycles. The Labute approximate surface area is 168 Å². The number of hydrogen-bond donors (Lipinski definition) is 0. The number of pyridine rings is 1. The zero-order valence-corrected chi connectivity index (χ0v) is 16.9. The Morgan fingerprint density at radius 3 is 2.64 bits per heavy atom. The minimum absolute atomic E-state index is 0.0744. The van der Waals surface area contributed by atoms with Crippen molar-refractivity contribution in [2.24, 2.45) is 0 Å². The maximum Gasteiger partial charge on any atom is 0.313 e. The second-order valence-corrected chi connectivity index (χ2v) is 7.69. The van der Waals surface area contributed by atoms with E-state index in [0.29, 0.717) is 12.4 Å². The second kappa shape index (κ2) is 9.01. The van der Waals surface area contributed by atoms with Crippen molar-refractivity contribution in [3.8, 4) is 0 Å². The summed E-state index contributed by atoms with van der Waals surface area (Å²) in [6, 6.07) is 10.3. The van der Waals surface area contributed by atoms with Crippen LogP contribution in [0.4, 0.5) is 4.39 Å². The lowest BCUT2D eigenvalue weighted by atomic mass is 10.1. The first-order valence-electron chi connectivity index (χ1n) is 8.96. The third-order valence-electron chi connectivity index (χ3n) is 4.20. The van der Waals surface area contributed by atoms with Crippen LogP contribution in [-0.2, 0) is 22.5 Å². The number of imidazole rings is 1. The SMILES string of the molecule is COC(=O)Cc1nc(C(C)C)c(Sc2cccc(F)c2)n1Cc1ccncc1. The summed E-state index contributed by atoms with van der Waals surface area (Å²) >= 11 is 1.45. The molecule has 0 amide bonds. The van der Waals surface area contributed by atoms with Crippen LogP contribution in [0.25, 0.3) is 0 Å². The van der Waals surface area contributed by atoms with E-state index in [4.69, 9.17) is 9.72 Å². The van der Waals surface area contributed by atoms with E-state index in [1.807, 2.05) is 22.8 Å². The fraction of sp³-hybridized carbons (Fsp3) is 0.286. The number of rotatable bonds is 7. The summed E-state index contributed by atoms with van der Waals surface area (Å²) in [6.45, 7) is 4.64. The normalized spacial score (nSPS) is 11.0. The van der Waals surface area contributed by atoms with E-state index in [9.17, 15) is 9.18 Å². The molecule has 146 valence electrons. The van der Waals surface area contributed by atoms with Crippen LogP contribution in [0, 0.1) is 5.82 Å². The van der Waals surface area contributed by atoms with Gasteiger partial charge in [-0.1, -0.05) is 31.7 Å². The van der Waals surface area contributed by atoms with Crippen LogP contribution in [0.1, 0.15) is 36.8 Å². The van der Waals surface area contributed by atoms with Gasteiger partial charge in [-0.05, 0) is 41.8 Å². The molecule has 2 heterocycles. The van der Waals surface area contributed by atoms with Crippen LogP contribution >= 0.6 is 11.8 Å². The fourth-order valence-corrected chi connectivity index (χ4v) is 4.01. The van der Waals surface area contributed by atoms with Gasteiger partial charge < -0.3 is 9.30 Å². The molecule has 0 spiro atoms. The summed E-state index contributed by atoms with van der Waals surface area (Å²) in [4.78, 5) is 21.5. The lowest BCUT2D eigenvalue weighted by Gasteiger charge is -2.13. The van der Waals surface area contributed by atoms with Crippen LogP contribution in [0.3, 0.4) is 0 Å². The van der Waals surface area contributed by atoms with Gasteiger partial charge in [0.15, 0.2) is 0 Å². The summed E-state index contributed by atoms with van der Waals surface area (Å²) in [5, 5.41) is 0.899. The van der Waals surface area contributed by atoms with E-state index in [-0.39, 0.29) is 24.1 Å². The van der Waals surface area contributed by atoms with Gasteiger partial charge in [0.05, 0.1) is 12.8 Å². The molecule has 0 atom stereocenters. The number of esters is 1. The van der Waals surface area contributed by atoms with Crippen molar-refractivity contribution >= 4 is 17.7 Å². The Hall–Kier alpha value is -2.67. The van der Waals surface area contributed by atoms with E-state index >= 15 is 0 Å². The number of aromatic nitrogens is 3. The summed E-state index contributed by atoms with van der Waals surface area (Å²) in [7, 11) is 1.37. The Kier molecular flexibility index (Phi) is 6.46. The van der Waals surface area contributed by atoms with Gasteiger partial charge in [-0.25, -0.2) is 9.37 Å². The number of benzene rings is 1. The maximum atomic E-state index is 13.7. The van der Waals surface area contributed by atoms with E-state index in [1.54, 1.807) is 18.5 Å². The van der Waals surface area contributed by atoms with Crippen LogP contribution < -0.4 is 0 Å². The van der Waals surface area contributed by atoms with Crippen molar-refractivity contribution in [2.75, 3.05) is 7.11 Å². The molecule has 3 rings (SSSR count). The van der Waals surface area contributed by atoms with Crippen LogP contribution in [-0.4, -0.2) is 27.6 Å². The lowest BCUT2D eigenvalue weighted by Crippen LogP contribution is -2.12. The first-order chi connectivity index (χ1) is 13.5. The number of methoxy groups -OCH3 is 1. The Morgan fingerprint density at radius 2 is 2.00 bits per heavy atom. The molecule has 3 aromatic rings. The number of hydrogen-bond acceptors (Lipinski definition) is 5. The fourth-order valence-electron chi connectivity index (χ4n) is 2.80. The summed E-state index contributed by atoms with van der Waals surface area (Å²) < 4.78 is 20.6. The maximum absolute atomic E-state index is 13.7. The van der Waals surface area contributed by atoms with Crippen molar-refractivity contribution in [1.82, 2.24) is 14.5 Å². The Balaban J connectivity index is 2.08. The highest BCUT2D eigenvalue weighted by Crippen LogP contribution is 2.35. The minimum atomic E-state index is -0.349. The first kappa shape index (κ1) is 20.1. The quantitative estimate of drug-likeness (QED) is 0.549. The molecule has 0 aliphatic heterocycles. The standard InChI is InChI=1S/C21H22FN3O2S/c1-14(2)20-21(28-17-6-4-5-16(22)11-17)25(13-15-7-9-23-10-8-15)18(24-20)12-19(26)27-3/h4-11,14H,12-13H2,1-3H3. The second-order valence-electron chi connectivity index (χ2n) is 6.63. The van der Waals surface area contributed by atoms with E-state index in [1.165, 1.54) is 31.0 Å². The Bertz CT molecular complexity index is 958. The molecule has 0 unspecified atom stereocenters. The van der Waals surface area contributed by atoms with E-state index in [2.05, 4.69) is 18.8 Å².